The molecule has 1 saturated heterocycles. The number of nitrogens with zero attached hydrogens (tertiary/aromatic N) is 2. The average molecular weight is 456 g/mol. The van der Waals surface area contributed by atoms with Crippen molar-refractivity contribution in [2.45, 2.75) is 39.8 Å². The van der Waals surface area contributed by atoms with E-state index < -0.39 is 6.04 Å². The number of amides is 1. The van der Waals surface area contributed by atoms with E-state index in [1.54, 1.807) is 0 Å². The molecule has 1 heterocycles. The van der Waals surface area contributed by atoms with Crippen LogP contribution in [0.2, 0.25) is 0 Å². The van der Waals surface area contributed by atoms with Crippen molar-refractivity contribution in [1.29, 1.82) is 0 Å². The van der Waals surface area contributed by atoms with Gasteiger partial charge in [-0.05, 0) is 23.9 Å². The van der Waals surface area contributed by atoms with E-state index in [0.29, 0.717) is 6.54 Å². The van der Waals surface area contributed by atoms with Crippen molar-refractivity contribution in [3.05, 3.63) is 35.9 Å². The van der Waals surface area contributed by atoms with Gasteiger partial charge >= 0.3 is 0 Å². The fourth-order valence-electron chi connectivity index (χ4n) is 3.03. The first-order valence-electron chi connectivity index (χ1n) is 9.38. The van der Waals surface area contributed by atoms with Gasteiger partial charge in [0.2, 0.25) is 5.91 Å². The van der Waals surface area contributed by atoms with Gasteiger partial charge in [0.05, 0.1) is 6.04 Å². The van der Waals surface area contributed by atoms with Gasteiger partial charge in [-0.1, -0.05) is 51.1 Å². The van der Waals surface area contributed by atoms with Crippen LogP contribution in [0, 0.1) is 5.41 Å². The van der Waals surface area contributed by atoms with Crippen LogP contribution >= 0.6 is 37.2 Å². The van der Waals surface area contributed by atoms with E-state index in [9.17, 15) is 4.79 Å². The van der Waals surface area contributed by atoms with Crippen LogP contribution in [0.25, 0.3) is 0 Å². The molecule has 0 aromatic heterocycles. The second-order valence-electron chi connectivity index (χ2n) is 8.09. The number of halogens is 3. The normalized spacial score (nSPS) is 16.1. The van der Waals surface area contributed by atoms with Crippen LogP contribution in [-0.4, -0.2) is 61.0 Å². The van der Waals surface area contributed by atoms with Crippen LogP contribution in [0.3, 0.4) is 0 Å². The molecule has 28 heavy (non-hydrogen) atoms. The summed E-state index contributed by atoms with van der Waals surface area (Å²) in [5.74, 6) is -0.0415. The zero-order valence-corrected chi connectivity index (χ0v) is 19.7. The Morgan fingerprint density at radius 1 is 1.04 bits per heavy atom. The molecule has 0 radical (unpaired) electrons. The first-order chi connectivity index (χ1) is 11.9. The van der Waals surface area contributed by atoms with Crippen LogP contribution in [0.15, 0.2) is 30.3 Å². The molecule has 1 fully saturated rings. The largest absolute Gasteiger partial charge is 0.355 e. The summed E-state index contributed by atoms with van der Waals surface area (Å²) >= 11 is 0. The van der Waals surface area contributed by atoms with Gasteiger partial charge in [-0.3, -0.25) is 9.69 Å². The third kappa shape index (κ3) is 10.3. The Bertz CT molecular complexity index is 532. The minimum absolute atomic E-state index is 0. The van der Waals surface area contributed by atoms with E-state index in [-0.39, 0.29) is 48.5 Å². The van der Waals surface area contributed by atoms with E-state index in [1.807, 2.05) is 20.8 Å². The smallest absolute Gasteiger partial charge is 0.237 e. The number of nitrogens with two attached hydrogens (primary N) is 1. The number of benzene rings is 1. The molecule has 3 N–H and O–H groups in total. The Labute approximate surface area is 189 Å². The highest BCUT2D eigenvalue weighted by Gasteiger charge is 2.27. The molecular formula is C20H37Cl3N4O. The number of carbonyl (C=O) groups is 1. The number of hydrogen-bond donors (Lipinski definition) is 2. The van der Waals surface area contributed by atoms with Gasteiger partial charge in [0, 0.05) is 39.3 Å². The summed E-state index contributed by atoms with van der Waals surface area (Å²) in [4.78, 5) is 17.0. The predicted octanol–water partition coefficient (Wildman–Crippen LogP) is 2.95. The fourth-order valence-corrected chi connectivity index (χ4v) is 3.03. The second kappa shape index (κ2) is 14.4. The highest BCUT2D eigenvalue weighted by molar-refractivity contribution is 5.86. The highest BCUT2D eigenvalue weighted by atomic mass is 35.5. The molecule has 0 unspecified atom stereocenters. The molecule has 0 spiro atoms. The first-order valence-corrected chi connectivity index (χ1v) is 9.38. The summed E-state index contributed by atoms with van der Waals surface area (Å²) in [5.41, 5.74) is 7.16. The van der Waals surface area contributed by atoms with E-state index in [0.717, 1.165) is 45.7 Å². The molecule has 5 nitrogen and oxygen atoms in total. The van der Waals surface area contributed by atoms with Gasteiger partial charge in [0.1, 0.15) is 0 Å². The van der Waals surface area contributed by atoms with Crippen LogP contribution in [0.5, 0.6) is 0 Å². The quantitative estimate of drug-likeness (QED) is 0.621. The standard InChI is InChI=1S/C20H34N4O.3ClH/c1-20(2,3)18(21)19(25)22-10-7-11-23-12-14-24(15-13-23)16-17-8-5-4-6-9-17;;;/h4-6,8-9,18H,7,10-16,21H2,1-3H3,(H,22,25);3*1H/t18-;;;/m1.../s1. The predicted molar refractivity (Wildman–Crippen MR) is 125 cm³/mol. The summed E-state index contributed by atoms with van der Waals surface area (Å²) in [6.07, 6.45) is 0.974. The molecule has 1 aromatic carbocycles. The van der Waals surface area contributed by atoms with Gasteiger partial charge in [-0.25, -0.2) is 0 Å². The third-order valence-electron chi connectivity index (χ3n) is 4.88. The molecule has 1 aliphatic rings. The Balaban J connectivity index is 0. The molecule has 2 rings (SSSR count). The maximum atomic E-state index is 12.0. The van der Waals surface area contributed by atoms with Crippen molar-refractivity contribution in [1.82, 2.24) is 15.1 Å². The van der Waals surface area contributed by atoms with Gasteiger partial charge in [0.15, 0.2) is 0 Å². The molecule has 1 atom stereocenters. The minimum atomic E-state index is -0.450. The topological polar surface area (TPSA) is 61.6 Å². The first kappa shape index (κ1) is 29.6. The Kier molecular flexibility index (Phi) is 15.3. The van der Waals surface area contributed by atoms with Gasteiger partial charge < -0.3 is 16.0 Å². The number of nitrogens with one attached hydrogen (secondary N) is 1. The van der Waals surface area contributed by atoms with Gasteiger partial charge in [-0.15, -0.1) is 37.2 Å². The fraction of sp³-hybridized carbons (Fsp3) is 0.650. The zero-order valence-electron chi connectivity index (χ0n) is 17.2. The van der Waals surface area contributed by atoms with Crippen molar-refractivity contribution in [2.75, 3.05) is 39.3 Å². The molecule has 1 amide bonds. The average Bonchev–Trinajstić information content (AvgIpc) is 2.59. The second-order valence-corrected chi connectivity index (χ2v) is 8.09. The summed E-state index contributed by atoms with van der Waals surface area (Å²) < 4.78 is 0. The Morgan fingerprint density at radius 2 is 1.57 bits per heavy atom. The van der Waals surface area contributed by atoms with Crippen LogP contribution < -0.4 is 11.1 Å². The lowest BCUT2D eigenvalue weighted by Crippen LogP contribution is -2.49. The summed E-state index contributed by atoms with van der Waals surface area (Å²) in [6, 6.07) is 10.2. The lowest BCUT2D eigenvalue weighted by atomic mass is 9.87. The molecule has 0 aliphatic carbocycles. The molecule has 0 saturated carbocycles. The van der Waals surface area contributed by atoms with Crippen molar-refractivity contribution in [3.8, 4) is 0 Å². The molecule has 8 heteroatoms. The monoisotopic (exact) mass is 454 g/mol. The van der Waals surface area contributed by atoms with E-state index in [4.69, 9.17) is 5.73 Å². The van der Waals surface area contributed by atoms with Crippen LogP contribution in [0.4, 0.5) is 0 Å². The lowest BCUT2D eigenvalue weighted by molar-refractivity contribution is -0.124. The van der Waals surface area contributed by atoms with Crippen molar-refractivity contribution in [2.24, 2.45) is 11.1 Å². The van der Waals surface area contributed by atoms with Gasteiger partial charge in [-0.2, -0.15) is 0 Å². The number of carbonyl (C=O) groups excluding carboxylic acids is 1. The van der Waals surface area contributed by atoms with E-state index >= 15 is 0 Å². The number of rotatable bonds is 7. The molecule has 1 aliphatic heterocycles. The zero-order chi connectivity index (χ0) is 18.3. The number of piperazine rings is 1. The Hall–Kier alpha value is -0.560. The van der Waals surface area contributed by atoms with E-state index in [2.05, 4.69) is 45.4 Å². The summed E-state index contributed by atoms with van der Waals surface area (Å²) in [7, 11) is 0. The Morgan fingerprint density at radius 3 is 2.11 bits per heavy atom. The van der Waals surface area contributed by atoms with E-state index in [1.165, 1.54) is 5.56 Å². The molecular weight excluding hydrogens is 419 g/mol. The maximum absolute atomic E-state index is 12.0. The van der Waals surface area contributed by atoms with Crippen molar-refractivity contribution in [3.63, 3.8) is 0 Å². The molecule has 0 bridgehead atoms. The molecule has 164 valence electrons. The van der Waals surface area contributed by atoms with Crippen molar-refractivity contribution >= 4 is 43.1 Å². The summed E-state index contributed by atoms with van der Waals surface area (Å²) in [6.45, 7) is 13.2. The minimum Gasteiger partial charge on any atom is -0.355 e. The molecule has 1 aromatic rings. The van der Waals surface area contributed by atoms with Crippen LogP contribution in [-0.2, 0) is 11.3 Å². The van der Waals surface area contributed by atoms with Gasteiger partial charge in [0.25, 0.3) is 0 Å². The van der Waals surface area contributed by atoms with Crippen molar-refractivity contribution < 1.29 is 4.79 Å². The maximum Gasteiger partial charge on any atom is 0.237 e. The lowest BCUT2D eigenvalue weighted by Gasteiger charge is -2.34. The summed E-state index contributed by atoms with van der Waals surface area (Å²) in [5, 5.41) is 2.97. The highest BCUT2D eigenvalue weighted by Crippen LogP contribution is 2.17. The van der Waals surface area contributed by atoms with Crippen LogP contribution in [0.1, 0.15) is 32.8 Å². The number of hydrogen-bond acceptors (Lipinski definition) is 4. The SMILES string of the molecule is CC(C)(C)[C@H](N)C(=O)NCCCN1CCN(Cc2ccccc2)CC1.Cl.Cl.Cl. The third-order valence-corrected chi connectivity index (χ3v) is 4.88.